The van der Waals surface area contributed by atoms with Gasteiger partial charge < -0.3 is 15.9 Å². The number of nitrogens with two attached hydrogens (primary N) is 1. The Morgan fingerprint density at radius 2 is 2.00 bits per heavy atom. The Hall–Kier alpha value is -2.77. The SMILES string of the molecule is C=CC/C(=C\C(=O)O)C(=O)O.NCc1ccccc1-c1nccs1. The van der Waals surface area contributed by atoms with Crippen molar-refractivity contribution in [3.8, 4) is 10.6 Å². The highest BCUT2D eigenvalue weighted by atomic mass is 32.1. The summed E-state index contributed by atoms with van der Waals surface area (Å²) in [5.41, 5.74) is 7.76. The maximum absolute atomic E-state index is 10.2. The van der Waals surface area contributed by atoms with Gasteiger partial charge in [0.05, 0.1) is 0 Å². The summed E-state index contributed by atoms with van der Waals surface area (Å²) in [6.45, 7) is 3.86. The predicted molar refractivity (Wildman–Crippen MR) is 93.6 cm³/mol. The number of thiazole rings is 1. The summed E-state index contributed by atoms with van der Waals surface area (Å²) in [4.78, 5) is 24.5. The lowest BCUT2D eigenvalue weighted by atomic mass is 10.1. The lowest BCUT2D eigenvalue weighted by Crippen LogP contribution is -2.02. The molecule has 24 heavy (non-hydrogen) atoms. The van der Waals surface area contributed by atoms with E-state index in [0.717, 1.165) is 16.1 Å². The second-order valence-electron chi connectivity index (χ2n) is 4.50. The first kappa shape index (κ1) is 19.3. The van der Waals surface area contributed by atoms with Crippen molar-refractivity contribution >= 4 is 23.3 Å². The Kier molecular flexibility index (Phi) is 8.10. The van der Waals surface area contributed by atoms with Crippen LogP contribution in [0.2, 0.25) is 0 Å². The van der Waals surface area contributed by atoms with Gasteiger partial charge in [-0.2, -0.15) is 0 Å². The van der Waals surface area contributed by atoms with Crippen LogP contribution in [-0.4, -0.2) is 27.1 Å². The first-order valence-corrected chi connectivity index (χ1v) is 7.83. The van der Waals surface area contributed by atoms with Crippen LogP contribution in [0.25, 0.3) is 10.6 Å². The van der Waals surface area contributed by atoms with E-state index in [9.17, 15) is 9.59 Å². The molecule has 0 unspecified atom stereocenters. The van der Waals surface area contributed by atoms with Crippen LogP contribution in [-0.2, 0) is 16.1 Å². The number of nitrogens with zero attached hydrogens (tertiary/aromatic N) is 1. The van der Waals surface area contributed by atoms with Gasteiger partial charge in [0.15, 0.2) is 0 Å². The first-order chi connectivity index (χ1) is 11.5. The van der Waals surface area contributed by atoms with Gasteiger partial charge in [-0.15, -0.1) is 17.9 Å². The first-order valence-electron chi connectivity index (χ1n) is 6.95. The molecule has 6 nitrogen and oxygen atoms in total. The lowest BCUT2D eigenvalue weighted by molar-refractivity contribution is -0.135. The van der Waals surface area contributed by atoms with Gasteiger partial charge in [0.1, 0.15) is 5.01 Å². The lowest BCUT2D eigenvalue weighted by Gasteiger charge is -2.02. The summed E-state index contributed by atoms with van der Waals surface area (Å²) >= 11 is 1.64. The van der Waals surface area contributed by atoms with Gasteiger partial charge in [-0.1, -0.05) is 30.3 Å². The molecule has 7 heteroatoms. The fourth-order valence-electron chi connectivity index (χ4n) is 1.78. The molecule has 0 bridgehead atoms. The largest absolute Gasteiger partial charge is 0.478 e. The molecule has 1 aromatic heterocycles. The van der Waals surface area contributed by atoms with Crippen LogP contribution in [0.5, 0.6) is 0 Å². The van der Waals surface area contributed by atoms with Gasteiger partial charge in [0.25, 0.3) is 0 Å². The molecule has 0 saturated carbocycles. The molecule has 1 aromatic carbocycles. The second kappa shape index (κ2) is 10.1. The van der Waals surface area contributed by atoms with Crippen LogP contribution >= 0.6 is 11.3 Å². The van der Waals surface area contributed by atoms with Crippen molar-refractivity contribution in [1.29, 1.82) is 0 Å². The summed E-state index contributed by atoms with van der Waals surface area (Å²) in [5, 5.41) is 19.6. The standard InChI is InChI=1S/C10H10N2S.C7H8O4/c11-7-8-3-1-2-4-9(8)10-12-5-6-13-10;1-2-3-5(7(10)11)4-6(8)9/h1-6H,7,11H2;2,4H,1,3H2,(H,8,9)(H,10,11)/b;5-4+. The number of allylic oxidation sites excluding steroid dienone is 1. The topological polar surface area (TPSA) is 114 Å². The van der Waals surface area contributed by atoms with E-state index in [2.05, 4.69) is 17.6 Å². The highest BCUT2D eigenvalue weighted by Gasteiger charge is 2.06. The Morgan fingerprint density at radius 3 is 2.50 bits per heavy atom. The van der Waals surface area contributed by atoms with Crippen LogP contribution < -0.4 is 5.73 Å². The third kappa shape index (κ3) is 6.15. The third-order valence-corrected chi connectivity index (χ3v) is 3.64. The normalized spacial score (nSPS) is 10.5. The third-order valence-electron chi connectivity index (χ3n) is 2.84. The Morgan fingerprint density at radius 1 is 1.29 bits per heavy atom. The maximum Gasteiger partial charge on any atom is 0.332 e. The van der Waals surface area contributed by atoms with Gasteiger partial charge >= 0.3 is 11.9 Å². The minimum atomic E-state index is -1.26. The number of benzene rings is 1. The number of aliphatic carboxylic acids is 2. The van der Waals surface area contributed by atoms with Crippen molar-refractivity contribution in [2.24, 2.45) is 5.73 Å². The highest BCUT2D eigenvalue weighted by molar-refractivity contribution is 7.13. The number of carbonyl (C=O) groups is 2. The fourth-order valence-corrected chi connectivity index (χ4v) is 2.47. The molecule has 1 heterocycles. The molecule has 0 aliphatic carbocycles. The average molecular weight is 346 g/mol. The second-order valence-corrected chi connectivity index (χ2v) is 5.40. The van der Waals surface area contributed by atoms with E-state index >= 15 is 0 Å². The zero-order valence-electron chi connectivity index (χ0n) is 12.9. The van der Waals surface area contributed by atoms with E-state index in [1.165, 1.54) is 6.08 Å². The van der Waals surface area contributed by atoms with E-state index in [0.29, 0.717) is 12.6 Å². The Balaban J connectivity index is 0.000000245. The van der Waals surface area contributed by atoms with Crippen molar-refractivity contribution in [3.63, 3.8) is 0 Å². The molecule has 0 radical (unpaired) electrons. The molecule has 0 aliphatic heterocycles. The summed E-state index contributed by atoms with van der Waals surface area (Å²) in [7, 11) is 0. The smallest absolute Gasteiger partial charge is 0.332 e. The van der Waals surface area contributed by atoms with Crippen molar-refractivity contribution in [2.45, 2.75) is 13.0 Å². The summed E-state index contributed by atoms with van der Waals surface area (Å²) < 4.78 is 0. The van der Waals surface area contributed by atoms with E-state index in [4.69, 9.17) is 15.9 Å². The molecule has 0 fully saturated rings. The van der Waals surface area contributed by atoms with Crippen LogP contribution in [0.3, 0.4) is 0 Å². The number of hydrogen-bond donors (Lipinski definition) is 3. The van der Waals surface area contributed by atoms with Gasteiger partial charge in [-0.25, -0.2) is 14.6 Å². The van der Waals surface area contributed by atoms with Crippen LogP contribution in [0.4, 0.5) is 0 Å². The van der Waals surface area contributed by atoms with Crippen LogP contribution in [0.1, 0.15) is 12.0 Å². The van der Waals surface area contributed by atoms with Crippen LogP contribution in [0, 0.1) is 0 Å². The molecule has 2 rings (SSSR count). The van der Waals surface area contributed by atoms with Crippen molar-refractivity contribution < 1.29 is 19.8 Å². The van der Waals surface area contributed by atoms with Gasteiger partial charge in [-0.05, 0) is 12.0 Å². The van der Waals surface area contributed by atoms with Crippen molar-refractivity contribution in [1.82, 2.24) is 4.98 Å². The number of hydrogen-bond acceptors (Lipinski definition) is 5. The Labute approximate surface area is 143 Å². The summed E-state index contributed by atoms with van der Waals surface area (Å²) in [6, 6.07) is 8.10. The van der Waals surface area contributed by atoms with E-state index in [1.54, 1.807) is 11.3 Å². The number of carboxylic acids is 2. The highest BCUT2D eigenvalue weighted by Crippen LogP contribution is 2.24. The zero-order valence-corrected chi connectivity index (χ0v) is 13.7. The molecule has 4 N–H and O–H groups in total. The minimum Gasteiger partial charge on any atom is -0.478 e. The van der Waals surface area contributed by atoms with Gasteiger partial charge in [-0.3, -0.25) is 0 Å². The number of rotatable bonds is 6. The summed E-state index contributed by atoms with van der Waals surface area (Å²) in [6.07, 6.45) is 3.86. The quantitative estimate of drug-likeness (QED) is 0.547. The maximum atomic E-state index is 10.2. The number of carboxylic acid groups (broad SMARTS) is 2. The average Bonchev–Trinajstić information content (AvgIpc) is 3.09. The van der Waals surface area contributed by atoms with Gasteiger partial charge in [0, 0.05) is 35.3 Å². The monoisotopic (exact) mass is 346 g/mol. The zero-order chi connectivity index (χ0) is 17.9. The van der Waals surface area contributed by atoms with E-state index < -0.39 is 11.9 Å². The van der Waals surface area contributed by atoms with E-state index in [1.807, 2.05) is 29.8 Å². The molecule has 0 saturated heterocycles. The van der Waals surface area contributed by atoms with Gasteiger partial charge in [0.2, 0.25) is 0 Å². The van der Waals surface area contributed by atoms with Crippen molar-refractivity contribution in [2.75, 3.05) is 0 Å². The predicted octanol–water partition coefficient (Wildman–Crippen LogP) is 2.93. The molecule has 0 spiro atoms. The Bertz CT molecular complexity index is 724. The summed E-state index contributed by atoms with van der Waals surface area (Å²) in [5.74, 6) is -2.49. The molecule has 0 aliphatic rings. The molecular weight excluding hydrogens is 328 g/mol. The molecule has 0 amide bonds. The molecule has 126 valence electrons. The molecule has 0 atom stereocenters. The molecular formula is C17H18N2O4S. The number of aromatic nitrogens is 1. The minimum absolute atomic E-state index is 0.0572. The fraction of sp³-hybridized carbons (Fsp3) is 0.118. The van der Waals surface area contributed by atoms with E-state index in [-0.39, 0.29) is 12.0 Å². The van der Waals surface area contributed by atoms with Crippen molar-refractivity contribution in [3.05, 3.63) is 65.7 Å². The molecule has 2 aromatic rings. The van der Waals surface area contributed by atoms with Crippen LogP contribution in [0.15, 0.2) is 60.1 Å².